The third-order valence-electron chi connectivity index (χ3n) is 4.83. The van der Waals surface area contributed by atoms with E-state index in [-0.39, 0.29) is 17.6 Å². The van der Waals surface area contributed by atoms with Crippen molar-refractivity contribution in [2.75, 3.05) is 0 Å². The van der Waals surface area contributed by atoms with Crippen molar-refractivity contribution >= 4 is 11.9 Å². The zero-order valence-electron chi connectivity index (χ0n) is 17.2. The van der Waals surface area contributed by atoms with Crippen LogP contribution < -0.4 is 0 Å². The first kappa shape index (κ1) is 23.2. The molecule has 4 heteroatoms. The summed E-state index contributed by atoms with van der Waals surface area (Å²) in [5.41, 5.74) is 0.589. The molecule has 0 saturated carbocycles. The Morgan fingerprint density at radius 2 is 1.37 bits per heavy atom. The smallest absolute Gasteiger partial charge is 0.338 e. The number of unbranched alkanes of at least 4 members (excludes halogenated alkanes) is 5. The number of rotatable bonds is 14. The van der Waals surface area contributed by atoms with Crippen molar-refractivity contribution in [1.29, 1.82) is 0 Å². The first-order chi connectivity index (χ1) is 12.9. The molecule has 0 radical (unpaired) electrons. The lowest BCUT2D eigenvalue weighted by atomic mass is 10.0. The molecule has 1 unspecified atom stereocenters. The molecule has 1 aromatic rings. The topological polar surface area (TPSA) is 63.6 Å². The highest BCUT2D eigenvalue weighted by atomic mass is 16.5. The maximum Gasteiger partial charge on any atom is 0.338 e. The van der Waals surface area contributed by atoms with Gasteiger partial charge in [0.2, 0.25) is 0 Å². The van der Waals surface area contributed by atoms with Crippen LogP contribution in [-0.2, 0) is 4.74 Å². The summed E-state index contributed by atoms with van der Waals surface area (Å²) in [6, 6.07) is 5.95. The number of carboxylic acids is 1. The Morgan fingerprint density at radius 3 is 1.93 bits per heavy atom. The van der Waals surface area contributed by atoms with Gasteiger partial charge >= 0.3 is 11.9 Å². The summed E-state index contributed by atoms with van der Waals surface area (Å²) in [6.07, 6.45) is 11.2. The molecular formula is C23H36O4. The van der Waals surface area contributed by atoms with Crippen LogP contribution in [-0.4, -0.2) is 23.1 Å². The molecule has 0 aromatic heterocycles. The first-order valence-electron chi connectivity index (χ1n) is 10.5. The highest BCUT2D eigenvalue weighted by molar-refractivity contribution is 5.92. The molecular weight excluding hydrogens is 340 g/mol. The van der Waals surface area contributed by atoms with Crippen molar-refractivity contribution in [3.63, 3.8) is 0 Å². The van der Waals surface area contributed by atoms with E-state index < -0.39 is 5.97 Å². The summed E-state index contributed by atoms with van der Waals surface area (Å²) >= 11 is 0. The largest absolute Gasteiger partial charge is 0.478 e. The molecule has 1 atom stereocenters. The third-order valence-corrected chi connectivity index (χ3v) is 4.83. The van der Waals surface area contributed by atoms with E-state index in [4.69, 9.17) is 9.84 Å². The van der Waals surface area contributed by atoms with Crippen LogP contribution in [0.4, 0.5) is 0 Å². The van der Waals surface area contributed by atoms with Gasteiger partial charge < -0.3 is 9.84 Å². The molecule has 0 aliphatic heterocycles. The molecule has 0 heterocycles. The number of carbonyl (C=O) groups is 2. The van der Waals surface area contributed by atoms with Gasteiger partial charge in [0.1, 0.15) is 6.10 Å². The third kappa shape index (κ3) is 10.2. The summed E-state index contributed by atoms with van der Waals surface area (Å²) in [5, 5.41) is 8.96. The SMILES string of the molecule is CCCCCCCC(CCCCC(C)C)OC(=O)c1ccc(C(=O)O)cc1. The zero-order chi connectivity index (χ0) is 20.1. The minimum absolute atomic E-state index is 0.0505. The van der Waals surface area contributed by atoms with E-state index in [0.717, 1.165) is 32.1 Å². The molecule has 0 spiro atoms. The number of aromatic carboxylic acids is 1. The second-order valence-electron chi connectivity index (χ2n) is 7.79. The zero-order valence-corrected chi connectivity index (χ0v) is 17.2. The van der Waals surface area contributed by atoms with E-state index in [0.29, 0.717) is 11.5 Å². The molecule has 0 amide bonds. The Labute approximate surface area is 164 Å². The molecule has 0 saturated heterocycles. The van der Waals surface area contributed by atoms with Gasteiger partial charge in [-0.1, -0.05) is 59.3 Å². The Hall–Kier alpha value is -1.84. The van der Waals surface area contributed by atoms with Gasteiger partial charge in [-0.2, -0.15) is 0 Å². The molecule has 152 valence electrons. The van der Waals surface area contributed by atoms with Crippen molar-refractivity contribution in [3.05, 3.63) is 35.4 Å². The van der Waals surface area contributed by atoms with Gasteiger partial charge in [0, 0.05) is 0 Å². The second-order valence-corrected chi connectivity index (χ2v) is 7.79. The van der Waals surface area contributed by atoms with Gasteiger partial charge in [0.05, 0.1) is 11.1 Å². The van der Waals surface area contributed by atoms with E-state index in [9.17, 15) is 9.59 Å². The summed E-state index contributed by atoms with van der Waals surface area (Å²) in [6.45, 7) is 6.66. The van der Waals surface area contributed by atoms with Gasteiger partial charge in [0.15, 0.2) is 0 Å². The lowest BCUT2D eigenvalue weighted by Gasteiger charge is -2.18. The summed E-state index contributed by atoms with van der Waals surface area (Å²) in [7, 11) is 0. The van der Waals surface area contributed by atoms with Crippen molar-refractivity contribution < 1.29 is 19.4 Å². The van der Waals surface area contributed by atoms with Gasteiger partial charge in [-0.3, -0.25) is 0 Å². The van der Waals surface area contributed by atoms with Crippen LogP contribution in [0.2, 0.25) is 0 Å². The van der Waals surface area contributed by atoms with Crippen molar-refractivity contribution in [3.8, 4) is 0 Å². The van der Waals surface area contributed by atoms with Gasteiger partial charge in [-0.05, 0) is 55.9 Å². The summed E-state index contributed by atoms with van der Waals surface area (Å²) in [5.74, 6) is -0.646. The second kappa shape index (κ2) is 13.3. The number of benzene rings is 1. The molecule has 1 aromatic carbocycles. The molecule has 27 heavy (non-hydrogen) atoms. The quantitative estimate of drug-likeness (QED) is 0.298. The van der Waals surface area contributed by atoms with Crippen LogP contribution >= 0.6 is 0 Å². The van der Waals surface area contributed by atoms with E-state index >= 15 is 0 Å². The van der Waals surface area contributed by atoms with E-state index in [1.807, 2.05) is 0 Å². The van der Waals surface area contributed by atoms with Gasteiger partial charge in [-0.15, -0.1) is 0 Å². The van der Waals surface area contributed by atoms with E-state index in [1.165, 1.54) is 56.4 Å². The fraction of sp³-hybridized carbons (Fsp3) is 0.652. The highest BCUT2D eigenvalue weighted by Crippen LogP contribution is 2.18. The van der Waals surface area contributed by atoms with E-state index in [2.05, 4.69) is 20.8 Å². The average Bonchev–Trinajstić information content (AvgIpc) is 2.64. The fourth-order valence-electron chi connectivity index (χ4n) is 3.13. The predicted octanol–water partition coefficient (Wildman–Crippen LogP) is 6.49. The number of esters is 1. The number of carboxylic acid groups (broad SMARTS) is 1. The lowest BCUT2D eigenvalue weighted by molar-refractivity contribution is 0.0248. The molecule has 0 bridgehead atoms. The Bertz CT molecular complexity index is 548. The Kier molecular flexibility index (Phi) is 11.5. The molecule has 0 fully saturated rings. The fourth-order valence-corrected chi connectivity index (χ4v) is 3.13. The molecule has 0 aliphatic rings. The van der Waals surface area contributed by atoms with Gasteiger partial charge in [0.25, 0.3) is 0 Å². The molecule has 1 N–H and O–H groups in total. The van der Waals surface area contributed by atoms with Crippen LogP contribution in [0.3, 0.4) is 0 Å². The number of hydrogen-bond acceptors (Lipinski definition) is 3. The van der Waals surface area contributed by atoms with Crippen LogP contribution in [0, 0.1) is 5.92 Å². The average molecular weight is 377 g/mol. The molecule has 1 rings (SSSR count). The number of hydrogen-bond donors (Lipinski definition) is 1. The number of ether oxygens (including phenoxy) is 1. The minimum Gasteiger partial charge on any atom is -0.478 e. The van der Waals surface area contributed by atoms with E-state index in [1.54, 1.807) is 0 Å². The maximum atomic E-state index is 12.4. The summed E-state index contributed by atoms with van der Waals surface area (Å²) < 4.78 is 5.76. The molecule has 4 nitrogen and oxygen atoms in total. The lowest BCUT2D eigenvalue weighted by Crippen LogP contribution is -2.19. The van der Waals surface area contributed by atoms with Gasteiger partial charge in [-0.25, -0.2) is 9.59 Å². The van der Waals surface area contributed by atoms with Crippen LogP contribution in [0.15, 0.2) is 24.3 Å². The highest BCUT2D eigenvalue weighted by Gasteiger charge is 2.16. The number of carbonyl (C=O) groups excluding carboxylic acids is 1. The molecule has 0 aliphatic carbocycles. The Balaban J connectivity index is 2.55. The minimum atomic E-state index is -0.995. The van der Waals surface area contributed by atoms with Crippen molar-refractivity contribution in [1.82, 2.24) is 0 Å². The monoisotopic (exact) mass is 376 g/mol. The normalized spacial score (nSPS) is 12.1. The Morgan fingerprint density at radius 1 is 0.852 bits per heavy atom. The van der Waals surface area contributed by atoms with Crippen molar-refractivity contribution in [2.24, 2.45) is 5.92 Å². The standard InChI is InChI=1S/C23H36O4/c1-4-5-6-7-8-12-21(13-10-9-11-18(2)3)27-23(26)20-16-14-19(15-17-20)22(24)25/h14-18,21H,4-13H2,1-3H3,(H,24,25). The predicted molar refractivity (Wildman–Crippen MR) is 109 cm³/mol. The van der Waals surface area contributed by atoms with Crippen molar-refractivity contribution in [2.45, 2.75) is 91.1 Å². The maximum absolute atomic E-state index is 12.4. The van der Waals surface area contributed by atoms with Crippen LogP contribution in [0.25, 0.3) is 0 Å². The summed E-state index contributed by atoms with van der Waals surface area (Å²) in [4.78, 5) is 23.4. The van der Waals surface area contributed by atoms with Crippen LogP contribution in [0.5, 0.6) is 0 Å². The first-order valence-corrected chi connectivity index (χ1v) is 10.5. The van der Waals surface area contributed by atoms with Crippen LogP contribution in [0.1, 0.15) is 106 Å².